The Morgan fingerprint density at radius 1 is 0.857 bits per heavy atom. The summed E-state index contributed by atoms with van der Waals surface area (Å²) in [5.41, 5.74) is 2.97. The van der Waals surface area contributed by atoms with E-state index in [1.807, 2.05) is 31.2 Å². The lowest BCUT2D eigenvalue weighted by Gasteiger charge is -2.11. The Labute approximate surface area is 168 Å². The summed E-state index contributed by atoms with van der Waals surface area (Å²) in [6.45, 7) is 1.97. The van der Waals surface area contributed by atoms with E-state index < -0.39 is 0 Å². The van der Waals surface area contributed by atoms with Crippen LogP contribution in [0.4, 0.5) is 11.4 Å². The van der Waals surface area contributed by atoms with Gasteiger partial charge in [-0.15, -0.1) is 0 Å². The van der Waals surface area contributed by atoms with Crippen molar-refractivity contribution in [3.05, 3.63) is 88.4 Å². The van der Waals surface area contributed by atoms with Crippen LogP contribution in [0.15, 0.2) is 66.7 Å². The third kappa shape index (κ3) is 4.69. The van der Waals surface area contributed by atoms with Gasteiger partial charge >= 0.3 is 0 Å². The van der Waals surface area contributed by atoms with Crippen molar-refractivity contribution in [1.29, 1.82) is 0 Å². The van der Waals surface area contributed by atoms with Crippen LogP contribution in [-0.4, -0.2) is 18.9 Å². The summed E-state index contributed by atoms with van der Waals surface area (Å²) in [6, 6.07) is 18.9. The van der Waals surface area contributed by atoms with Crippen molar-refractivity contribution >= 4 is 34.8 Å². The first kappa shape index (κ1) is 19.5. The summed E-state index contributed by atoms with van der Waals surface area (Å²) in [4.78, 5) is 25.1. The summed E-state index contributed by atoms with van der Waals surface area (Å²) in [6.07, 6.45) is 0. The van der Waals surface area contributed by atoms with Crippen molar-refractivity contribution in [2.24, 2.45) is 0 Å². The molecule has 0 aliphatic heterocycles. The van der Waals surface area contributed by atoms with E-state index in [0.717, 1.165) is 5.56 Å². The van der Waals surface area contributed by atoms with E-state index in [2.05, 4.69) is 10.6 Å². The van der Waals surface area contributed by atoms with Crippen LogP contribution in [0.1, 0.15) is 26.3 Å². The molecule has 0 aliphatic rings. The number of amides is 2. The molecule has 6 heteroatoms. The molecule has 0 bridgehead atoms. The number of carbonyl (C=O) groups excluding carboxylic acids is 2. The SMILES string of the molecule is COc1ccc(Cl)cc1NC(=O)c1cccc(C(=O)Nc2ccc(C)cc2)c1. The van der Waals surface area contributed by atoms with Crippen molar-refractivity contribution in [2.45, 2.75) is 6.92 Å². The van der Waals surface area contributed by atoms with Gasteiger partial charge in [-0.2, -0.15) is 0 Å². The van der Waals surface area contributed by atoms with Crippen LogP contribution >= 0.6 is 11.6 Å². The zero-order valence-corrected chi connectivity index (χ0v) is 16.2. The van der Waals surface area contributed by atoms with E-state index in [1.54, 1.807) is 36.4 Å². The maximum atomic E-state index is 12.6. The van der Waals surface area contributed by atoms with Crippen LogP contribution in [0.25, 0.3) is 0 Å². The molecule has 0 atom stereocenters. The first-order valence-electron chi connectivity index (χ1n) is 8.59. The second kappa shape index (κ2) is 8.59. The molecular formula is C22H19ClN2O3. The molecule has 3 aromatic rings. The van der Waals surface area contributed by atoms with Crippen LogP contribution < -0.4 is 15.4 Å². The minimum absolute atomic E-state index is 0.293. The number of carbonyl (C=O) groups is 2. The topological polar surface area (TPSA) is 67.4 Å². The van der Waals surface area contributed by atoms with E-state index in [1.165, 1.54) is 13.2 Å². The van der Waals surface area contributed by atoms with E-state index in [-0.39, 0.29) is 11.8 Å². The molecule has 28 heavy (non-hydrogen) atoms. The van der Waals surface area contributed by atoms with Gasteiger partial charge in [-0.25, -0.2) is 0 Å². The molecule has 2 amide bonds. The third-order valence-corrected chi connectivity index (χ3v) is 4.34. The maximum Gasteiger partial charge on any atom is 0.255 e. The molecule has 0 saturated heterocycles. The fraction of sp³-hybridized carbons (Fsp3) is 0.0909. The molecule has 0 radical (unpaired) electrons. The van der Waals surface area contributed by atoms with Gasteiger partial charge in [-0.1, -0.05) is 35.4 Å². The normalized spacial score (nSPS) is 10.2. The molecule has 2 N–H and O–H groups in total. The molecule has 0 fully saturated rings. The number of ether oxygens (including phenoxy) is 1. The van der Waals surface area contributed by atoms with Crippen LogP contribution in [0.3, 0.4) is 0 Å². The van der Waals surface area contributed by atoms with E-state index in [4.69, 9.17) is 16.3 Å². The molecule has 0 aliphatic carbocycles. The molecular weight excluding hydrogens is 376 g/mol. The van der Waals surface area contributed by atoms with Gasteiger partial charge in [0.2, 0.25) is 0 Å². The van der Waals surface area contributed by atoms with E-state index in [0.29, 0.717) is 33.3 Å². The molecule has 3 rings (SSSR count). The smallest absolute Gasteiger partial charge is 0.255 e. The summed E-state index contributed by atoms with van der Waals surface area (Å²) in [5.74, 6) is -0.171. The van der Waals surface area contributed by atoms with E-state index in [9.17, 15) is 9.59 Å². The minimum Gasteiger partial charge on any atom is -0.495 e. The average Bonchev–Trinajstić information content (AvgIpc) is 2.70. The molecule has 142 valence electrons. The Balaban J connectivity index is 1.77. The number of methoxy groups -OCH3 is 1. The summed E-state index contributed by atoms with van der Waals surface area (Å²) in [7, 11) is 1.51. The highest BCUT2D eigenvalue weighted by Crippen LogP contribution is 2.28. The van der Waals surface area contributed by atoms with Crippen molar-refractivity contribution in [3.8, 4) is 5.75 Å². The predicted octanol–water partition coefficient (Wildman–Crippen LogP) is 5.16. The van der Waals surface area contributed by atoms with Crippen LogP contribution in [-0.2, 0) is 0 Å². The van der Waals surface area contributed by atoms with Gasteiger partial charge in [-0.3, -0.25) is 9.59 Å². The van der Waals surface area contributed by atoms with Gasteiger partial charge in [0.05, 0.1) is 12.8 Å². The first-order chi connectivity index (χ1) is 13.5. The van der Waals surface area contributed by atoms with Gasteiger partial charge in [-0.05, 0) is 55.5 Å². The van der Waals surface area contributed by atoms with Gasteiger partial charge in [0, 0.05) is 21.8 Å². The Morgan fingerprint density at radius 2 is 1.50 bits per heavy atom. The average molecular weight is 395 g/mol. The van der Waals surface area contributed by atoms with E-state index >= 15 is 0 Å². The van der Waals surface area contributed by atoms with Crippen molar-refractivity contribution < 1.29 is 14.3 Å². The van der Waals surface area contributed by atoms with Crippen LogP contribution in [0.2, 0.25) is 5.02 Å². The second-order valence-corrected chi connectivity index (χ2v) is 6.64. The highest BCUT2D eigenvalue weighted by atomic mass is 35.5. The number of hydrogen-bond acceptors (Lipinski definition) is 3. The third-order valence-electron chi connectivity index (χ3n) is 4.11. The van der Waals surface area contributed by atoms with Gasteiger partial charge in [0.25, 0.3) is 11.8 Å². The highest BCUT2D eigenvalue weighted by Gasteiger charge is 2.13. The fourth-order valence-corrected chi connectivity index (χ4v) is 2.79. The Kier molecular flexibility index (Phi) is 5.96. The lowest BCUT2D eigenvalue weighted by molar-refractivity contribution is 0.102. The monoisotopic (exact) mass is 394 g/mol. The fourth-order valence-electron chi connectivity index (χ4n) is 2.61. The number of rotatable bonds is 5. The number of anilines is 2. The largest absolute Gasteiger partial charge is 0.495 e. The molecule has 0 aromatic heterocycles. The highest BCUT2D eigenvalue weighted by molar-refractivity contribution is 6.31. The van der Waals surface area contributed by atoms with Crippen molar-refractivity contribution in [2.75, 3.05) is 17.7 Å². The summed E-state index contributed by atoms with van der Waals surface area (Å²) in [5, 5.41) is 6.05. The quantitative estimate of drug-likeness (QED) is 0.628. The van der Waals surface area contributed by atoms with Crippen LogP contribution in [0, 0.1) is 6.92 Å². The summed E-state index contributed by atoms with van der Waals surface area (Å²) >= 11 is 6.00. The molecule has 3 aromatic carbocycles. The maximum absolute atomic E-state index is 12.6. The Morgan fingerprint density at radius 3 is 2.14 bits per heavy atom. The molecule has 5 nitrogen and oxygen atoms in total. The number of halogens is 1. The second-order valence-electron chi connectivity index (χ2n) is 6.20. The molecule has 0 unspecified atom stereocenters. The zero-order chi connectivity index (χ0) is 20.1. The minimum atomic E-state index is -0.370. The Hall–Kier alpha value is -3.31. The lowest BCUT2D eigenvalue weighted by Crippen LogP contribution is -2.16. The molecule has 0 spiro atoms. The zero-order valence-electron chi connectivity index (χ0n) is 15.5. The van der Waals surface area contributed by atoms with Crippen molar-refractivity contribution in [3.63, 3.8) is 0 Å². The van der Waals surface area contributed by atoms with Crippen molar-refractivity contribution in [1.82, 2.24) is 0 Å². The summed E-state index contributed by atoms with van der Waals surface area (Å²) < 4.78 is 5.24. The van der Waals surface area contributed by atoms with Gasteiger partial charge in [0.1, 0.15) is 5.75 Å². The number of benzene rings is 3. The molecule has 0 heterocycles. The Bertz CT molecular complexity index is 1020. The predicted molar refractivity (Wildman–Crippen MR) is 112 cm³/mol. The first-order valence-corrected chi connectivity index (χ1v) is 8.97. The molecule has 0 saturated carbocycles. The van der Waals surface area contributed by atoms with Gasteiger partial charge < -0.3 is 15.4 Å². The standard InChI is InChI=1S/C22H19ClN2O3/c1-14-6-9-18(10-7-14)24-21(26)15-4-3-5-16(12-15)22(27)25-19-13-17(23)8-11-20(19)28-2/h3-13H,1-2H3,(H,24,26)(H,25,27). The number of hydrogen-bond donors (Lipinski definition) is 2. The van der Waals surface area contributed by atoms with Crippen LogP contribution in [0.5, 0.6) is 5.75 Å². The number of aryl methyl sites for hydroxylation is 1. The lowest BCUT2D eigenvalue weighted by atomic mass is 10.1. The van der Waals surface area contributed by atoms with Gasteiger partial charge in [0.15, 0.2) is 0 Å². The number of nitrogens with one attached hydrogen (secondary N) is 2.